The lowest BCUT2D eigenvalue weighted by Crippen LogP contribution is -2.39. The maximum Gasteiger partial charge on any atom is 0.122 e. The molecule has 0 bridgehead atoms. The molecule has 0 fully saturated rings. The first-order valence-corrected chi connectivity index (χ1v) is 8.05. The third-order valence-corrected chi connectivity index (χ3v) is 4.41. The van der Waals surface area contributed by atoms with E-state index in [9.17, 15) is 0 Å². The van der Waals surface area contributed by atoms with E-state index >= 15 is 0 Å². The minimum absolute atomic E-state index is 0.357. The summed E-state index contributed by atoms with van der Waals surface area (Å²) in [6.45, 7) is 10.2. The van der Waals surface area contributed by atoms with Gasteiger partial charge in [-0.1, -0.05) is 18.2 Å². The summed E-state index contributed by atoms with van der Waals surface area (Å²) in [4.78, 5) is 0. The van der Waals surface area contributed by atoms with Crippen LogP contribution < -0.4 is 10.1 Å². The lowest BCUT2D eigenvalue weighted by Gasteiger charge is -2.26. The van der Waals surface area contributed by atoms with E-state index in [0.717, 1.165) is 31.0 Å². The van der Waals surface area contributed by atoms with Crippen LogP contribution in [-0.4, -0.2) is 22.4 Å². The third kappa shape index (κ3) is 2.88. The van der Waals surface area contributed by atoms with Crippen LogP contribution in [0.15, 0.2) is 24.3 Å². The van der Waals surface area contributed by atoms with Gasteiger partial charge in [0.1, 0.15) is 12.4 Å². The summed E-state index contributed by atoms with van der Waals surface area (Å²) in [5.74, 6) is 1.03. The number of hydrogen-bond acceptors (Lipinski definition) is 3. The van der Waals surface area contributed by atoms with E-state index in [4.69, 9.17) is 4.74 Å². The van der Waals surface area contributed by atoms with E-state index in [1.165, 1.54) is 16.8 Å². The monoisotopic (exact) mass is 299 g/mol. The predicted octanol–water partition coefficient (Wildman–Crippen LogP) is 3.17. The van der Waals surface area contributed by atoms with Gasteiger partial charge in [0.25, 0.3) is 0 Å². The Morgan fingerprint density at radius 1 is 1.32 bits per heavy atom. The highest BCUT2D eigenvalue weighted by atomic mass is 16.5. The number of nitrogens with zero attached hydrogens (tertiary/aromatic N) is 2. The first-order valence-electron chi connectivity index (χ1n) is 8.05. The molecule has 0 saturated heterocycles. The van der Waals surface area contributed by atoms with Crippen molar-refractivity contribution >= 4 is 0 Å². The SMILES string of the molecule is Cc1nn(C(C)C)c(C)c1CNC1COc2ccccc2C1. The zero-order chi connectivity index (χ0) is 15.7. The van der Waals surface area contributed by atoms with Crippen molar-refractivity contribution < 1.29 is 4.74 Å². The summed E-state index contributed by atoms with van der Waals surface area (Å²) < 4.78 is 7.96. The van der Waals surface area contributed by atoms with Crippen molar-refractivity contribution in [1.82, 2.24) is 15.1 Å². The van der Waals surface area contributed by atoms with Gasteiger partial charge in [0.2, 0.25) is 0 Å². The summed E-state index contributed by atoms with van der Waals surface area (Å²) in [6.07, 6.45) is 1.02. The summed E-state index contributed by atoms with van der Waals surface area (Å²) >= 11 is 0. The highest BCUT2D eigenvalue weighted by molar-refractivity contribution is 5.35. The van der Waals surface area contributed by atoms with Crippen LogP contribution in [0, 0.1) is 13.8 Å². The fourth-order valence-electron chi connectivity index (χ4n) is 3.16. The highest BCUT2D eigenvalue weighted by Gasteiger charge is 2.20. The topological polar surface area (TPSA) is 39.1 Å². The highest BCUT2D eigenvalue weighted by Crippen LogP contribution is 2.24. The maximum absolute atomic E-state index is 5.85. The molecule has 118 valence electrons. The number of para-hydroxylation sites is 1. The van der Waals surface area contributed by atoms with E-state index in [1.54, 1.807) is 0 Å². The van der Waals surface area contributed by atoms with E-state index in [2.05, 4.69) is 54.9 Å². The van der Waals surface area contributed by atoms with Crippen LogP contribution in [-0.2, 0) is 13.0 Å². The van der Waals surface area contributed by atoms with E-state index in [1.807, 2.05) is 12.1 Å². The average molecular weight is 299 g/mol. The largest absolute Gasteiger partial charge is 0.492 e. The number of ether oxygens (including phenoxy) is 1. The van der Waals surface area contributed by atoms with Gasteiger partial charge in [0, 0.05) is 29.9 Å². The van der Waals surface area contributed by atoms with Crippen molar-refractivity contribution in [3.8, 4) is 5.75 Å². The number of aryl methyl sites for hydroxylation is 1. The second-order valence-electron chi connectivity index (χ2n) is 6.39. The standard InChI is InChI=1S/C18H25N3O/c1-12(2)21-14(4)17(13(3)20-21)10-19-16-9-15-7-5-6-8-18(15)22-11-16/h5-8,12,16,19H,9-11H2,1-4H3. The molecule has 1 aliphatic rings. The fourth-order valence-corrected chi connectivity index (χ4v) is 3.16. The fraction of sp³-hybridized carbons (Fsp3) is 0.500. The van der Waals surface area contributed by atoms with Gasteiger partial charge >= 0.3 is 0 Å². The minimum atomic E-state index is 0.357. The van der Waals surface area contributed by atoms with Crippen molar-refractivity contribution in [1.29, 1.82) is 0 Å². The number of rotatable bonds is 4. The first-order chi connectivity index (χ1) is 10.6. The average Bonchev–Trinajstić information content (AvgIpc) is 2.80. The van der Waals surface area contributed by atoms with Gasteiger partial charge in [-0.05, 0) is 45.7 Å². The summed E-state index contributed by atoms with van der Waals surface area (Å²) in [5, 5.41) is 8.29. The quantitative estimate of drug-likeness (QED) is 0.942. The molecule has 1 N–H and O–H groups in total. The molecule has 0 amide bonds. The molecule has 1 aliphatic heterocycles. The Labute approximate surface area is 132 Å². The molecule has 2 aromatic rings. The Bertz CT molecular complexity index is 660. The van der Waals surface area contributed by atoms with Gasteiger partial charge in [0.05, 0.1) is 5.69 Å². The predicted molar refractivity (Wildman–Crippen MR) is 88.4 cm³/mol. The molecule has 0 aliphatic carbocycles. The number of benzene rings is 1. The number of fused-ring (bicyclic) bond motifs is 1. The molecule has 1 atom stereocenters. The van der Waals surface area contributed by atoms with Crippen molar-refractivity contribution in [3.63, 3.8) is 0 Å². The third-order valence-electron chi connectivity index (χ3n) is 4.41. The van der Waals surface area contributed by atoms with Gasteiger partial charge in [-0.3, -0.25) is 4.68 Å². The smallest absolute Gasteiger partial charge is 0.122 e. The first kappa shape index (κ1) is 15.1. The number of aromatic nitrogens is 2. The van der Waals surface area contributed by atoms with Crippen molar-refractivity contribution in [3.05, 3.63) is 46.8 Å². The molecule has 0 radical (unpaired) electrons. The van der Waals surface area contributed by atoms with Gasteiger partial charge in [-0.15, -0.1) is 0 Å². The van der Waals surface area contributed by atoms with E-state index < -0.39 is 0 Å². The van der Waals surface area contributed by atoms with Crippen LogP contribution >= 0.6 is 0 Å². The Balaban J connectivity index is 1.67. The van der Waals surface area contributed by atoms with Crippen LogP contribution in [0.4, 0.5) is 0 Å². The van der Waals surface area contributed by atoms with Crippen molar-refractivity contribution in [2.24, 2.45) is 0 Å². The molecule has 2 heterocycles. The number of hydrogen-bond donors (Lipinski definition) is 1. The van der Waals surface area contributed by atoms with Crippen molar-refractivity contribution in [2.45, 2.75) is 52.7 Å². The van der Waals surface area contributed by atoms with Crippen LogP contribution in [0.1, 0.15) is 42.4 Å². The zero-order valence-corrected chi connectivity index (χ0v) is 13.9. The summed E-state index contributed by atoms with van der Waals surface area (Å²) in [5.41, 5.74) is 4.98. The second-order valence-corrected chi connectivity index (χ2v) is 6.39. The Hall–Kier alpha value is -1.81. The molecule has 4 heteroatoms. The molecule has 0 saturated carbocycles. The Morgan fingerprint density at radius 2 is 2.09 bits per heavy atom. The lowest BCUT2D eigenvalue weighted by molar-refractivity contribution is 0.238. The number of nitrogens with one attached hydrogen (secondary N) is 1. The maximum atomic E-state index is 5.85. The van der Waals surface area contributed by atoms with Crippen molar-refractivity contribution in [2.75, 3.05) is 6.61 Å². The molecular formula is C18H25N3O. The van der Waals surface area contributed by atoms with E-state index in [0.29, 0.717) is 12.1 Å². The molecule has 4 nitrogen and oxygen atoms in total. The normalized spacial score (nSPS) is 17.4. The molecular weight excluding hydrogens is 274 g/mol. The van der Waals surface area contributed by atoms with Gasteiger partial charge < -0.3 is 10.1 Å². The summed E-state index contributed by atoms with van der Waals surface area (Å²) in [6, 6.07) is 9.06. The zero-order valence-electron chi connectivity index (χ0n) is 13.9. The molecule has 1 aromatic heterocycles. The molecule has 0 spiro atoms. The lowest BCUT2D eigenvalue weighted by atomic mass is 10.0. The summed E-state index contributed by atoms with van der Waals surface area (Å²) in [7, 11) is 0. The van der Waals surface area contributed by atoms with Crippen LogP contribution in [0.5, 0.6) is 5.75 Å². The second kappa shape index (κ2) is 6.13. The van der Waals surface area contributed by atoms with Gasteiger partial charge in [-0.2, -0.15) is 5.10 Å². The Morgan fingerprint density at radius 3 is 2.82 bits per heavy atom. The molecule has 3 rings (SSSR count). The minimum Gasteiger partial charge on any atom is -0.492 e. The van der Waals surface area contributed by atoms with Crippen LogP contribution in [0.3, 0.4) is 0 Å². The van der Waals surface area contributed by atoms with Gasteiger partial charge in [0.15, 0.2) is 0 Å². The Kier molecular flexibility index (Phi) is 4.21. The van der Waals surface area contributed by atoms with Crippen LogP contribution in [0.25, 0.3) is 0 Å². The van der Waals surface area contributed by atoms with Gasteiger partial charge in [-0.25, -0.2) is 0 Å². The molecule has 1 unspecified atom stereocenters. The molecule has 1 aromatic carbocycles. The van der Waals surface area contributed by atoms with Crippen LogP contribution in [0.2, 0.25) is 0 Å². The molecule has 22 heavy (non-hydrogen) atoms. The van der Waals surface area contributed by atoms with E-state index in [-0.39, 0.29) is 0 Å².